The van der Waals surface area contributed by atoms with Gasteiger partial charge in [-0.1, -0.05) is 0 Å². The number of nitro groups is 1. The molecule has 0 spiro atoms. The van der Waals surface area contributed by atoms with E-state index in [1.807, 2.05) is 20.8 Å². The molecule has 0 saturated heterocycles. The number of anilines is 1. The van der Waals surface area contributed by atoms with Crippen molar-refractivity contribution >= 4 is 11.4 Å². The van der Waals surface area contributed by atoms with Gasteiger partial charge in [0.05, 0.1) is 11.0 Å². The number of benzene rings is 1. The van der Waals surface area contributed by atoms with Crippen molar-refractivity contribution in [3.8, 4) is 0 Å². The summed E-state index contributed by atoms with van der Waals surface area (Å²) in [6.07, 6.45) is -0.471. The summed E-state index contributed by atoms with van der Waals surface area (Å²) in [7, 11) is 3.06. The van der Waals surface area contributed by atoms with Crippen molar-refractivity contribution in [2.75, 3.05) is 19.5 Å². The summed E-state index contributed by atoms with van der Waals surface area (Å²) in [5.74, 6) is 0. The van der Waals surface area contributed by atoms with E-state index < -0.39 is 11.2 Å². The van der Waals surface area contributed by atoms with Gasteiger partial charge in [0.1, 0.15) is 5.69 Å². The highest BCUT2D eigenvalue weighted by atomic mass is 16.7. The molecule has 0 fully saturated rings. The number of hydrogen-bond donors (Lipinski definition) is 1. The molecular weight excluding hydrogens is 248 g/mol. The second-order valence-electron chi connectivity index (χ2n) is 4.48. The van der Waals surface area contributed by atoms with Crippen LogP contribution in [0.5, 0.6) is 0 Å². The first kappa shape index (κ1) is 15.4. The predicted octanol–water partition coefficient (Wildman–Crippen LogP) is 2.63. The molecule has 0 aromatic heterocycles. The molecule has 1 rings (SSSR count). The van der Waals surface area contributed by atoms with E-state index in [2.05, 4.69) is 5.32 Å². The van der Waals surface area contributed by atoms with Crippen molar-refractivity contribution in [2.45, 2.75) is 33.1 Å². The molecule has 1 N–H and O–H groups in total. The average Bonchev–Trinajstić information content (AvgIpc) is 2.34. The van der Waals surface area contributed by atoms with E-state index in [4.69, 9.17) is 9.47 Å². The third-order valence-corrected chi connectivity index (χ3v) is 3.06. The van der Waals surface area contributed by atoms with Crippen LogP contribution < -0.4 is 5.32 Å². The highest BCUT2D eigenvalue weighted by Gasteiger charge is 2.21. The number of nitrogens with one attached hydrogen (secondary N) is 1. The summed E-state index contributed by atoms with van der Waals surface area (Å²) >= 11 is 0. The van der Waals surface area contributed by atoms with Crippen LogP contribution in [0.1, 0.15) is 18.1 Å². The van der Waals surface area contributed by atoms with Crippen molar-refractivity contribution in [1.29, 1.82) is 0 Å². The van der Waals surface area contributed by atoms with Crippen LogP contribution in [-0.4, -0.2) is 31.5 Å². The van der Waals surface area contributed by atoms with Gasteiger partial charge in [-0.2, -0.15) is 0 Å². The molecule has 1 unspecified atom stereocenters. The van der Waals surface area contributed by atoms with Crippen LogP contribution in [0.4, 0.5) is 11.4 Å². The fraction of sp³-hybridized carbons (Fsp3) is 0.538. The molecule has 106 valence electrons. The van der Waals surface area contributed by atoms with Crippen LogP contribution in [0.3, 0.4) is 0 Å². The lowest BCUT2D eigenvalue weighted by Gasteiger charge is -2.23. The molecule has 0 radical (unpaired) electrons. The molecule has 0 aliphatic rings. The SMILES string of the molecule is COC(OC)C(C)Nc1cc(C)c(C)cc1[N+](=O)[O-]. The Balaban J connectivity index is 3.06. The maximum atomic E-state index is 11.1. The van der Waals surface area contributed by atoms with Gasteiger partial charge >= 0.3 is 0 Å². The first-order valence-corrected chi connectivity index (χ1v) is 5.98. The zero-order valence-electron chi connectivity index (χ0n) is 11.9. The summed E-state index contributed by atoms with van der Waals surface area (Å²) in [4.78, 5) is 10.7. The topological polar surface area (TPSA) is 73.6 Å². The standard InChI is InChI=1S/C13H20N2O4/c1-8-6-11(12(15(16)17)7-9(8)2)14-10(3)13(18-4)19-5/h6-7,10,13-14H,1-5H3. The molecule has 0 aliphatic carbocycles. The highest BCUT2D eigenvalue weighted by Crippen LogP contribution is 2.28. The predicted molar refractivity (Wildman–Crippen MR) is 73.5 cm³/mol. The summed E-state index contributed by atoms with van der Waals surface area (Å²) < 4.78 is 10.3. The van der Waals surface area contributed by atoms with Crippen molar-refractivity contribution < 1.29 is 14.4 Å². The quantitative estimate of drug-likeness (QED) is 0.487. The zero-order valence-corrected chi connectivity index (χ0v) is 11.9. The Hall–Kier alpha value is -1.66. The molecule has 0 saturated carbocycles. The number of nitro benzene ring substituents is 1. The van der Waals surface area contributed by atoms with E-state index in [0.717, 1.165) is 11.1 Å². The molecule has 6 nitrogen and oxygen atoms in total. The first-order valence-electron chi connectivity index (χ1n) is 5.98. The van der Waals surface area contributed by atoms with E-state index in [1.54, 1.807) is 12.1 Å². The minimum Gasteiger partial charge on any atom is -0.372 e. The summed E-state index contributed by atoms with van der Waals surface area (Å²) in [5.41, 5.74) is 2.41. The lowest BCUT2D eigenvalue weighted by molar-refractivity contribution is -0.384. The lowest BCUT2D eigenvalue weighted by atomic mass is 10.1. The second kappa shape index (κ2) is 6.49. The van der Waals surface area contributed by atoms with Gasteiger partial charge in [-0.05, 0) is 38.0 Å². The van der Waals surface area contributed by atoms with Crippen molar-refractivity contribution in [1.82, 2.24) is 0 Å². The Morgan fingerprint density at radius 3 is 2.21 bits per heavy atom. The van der Waals surface area contributed by atoms with Gasteiger partial charge in [-0.3, -0.25) is 10.1 Å². The van der Waals surface area contributed by atoms with Crippen LogP contribution in [-0.2, 0) is 9.47 Å². The maximum Gasteiger partial charge on any atom is 0.292 e. The fourth-order valence-corrected chi connectivity index (χ4v) is 1.89. The second-order valence-corrected chi connectivity index (χ2v) is 4.48. The number of aryl methyl sites for hydroxylation is 2. The first-order chi connectivity index (χ1) is 8.90. The third-order valence-electron chi connectivity index (χ3n) is 3.06. The van der Waals surface area contributed by atoms with Gasteiger partial charge < -0.3 is 14.8 Å². The minimum atomic E-state index is -0.471. The van der Waals surface area contributed by atoms with E-state index in [1.165, 1.54) is 14.2 Å². The summed E-state index contributed by atoms with van der Waals surface area (Å²) in [5, 5.41) is 14.1. The molecular formula is C13H20N2O4. The summed E-state index contributed by atoms with van der Waals surface area (Å²) in [6.45, 7) is 5.61. The highest BCUT2D eigenvalue weighted by molar-refractivity contribution is 5.64. The molecule has 0 heterocycles. The monoisotopic (exact) mass is 268 g/mol. The Labute approximate surface area is 112 Å². The minimum absolute atomic E-state index is 0.0564. The van der Waals surface area contributed by atoms with Crippen LogP contribution in [0.15, 0.2) is 12.1 Å². The third kappa shape index (κ3) is 3.65. The van der Waals surface area contributed by atoms with Gasteiger partial charge in [0, 0.05) is 20.3 Å². The number of ether oxygens (including phenoxy) is 2. The van der Waals surface area contributed by atoms with Crippen molar-refractivity contribution in [3.63, 3.8) is 0 Å². The normalized spacial score (nSPS) is 12.5. The van der Waals surface area contributed by atoms with Crippen LogP contribution in [0, 0.1) is 24.0 Å². The van der Waals surface area contributed by atoms with Gasteiger partial charge in [-0.25, -0.2) is 0 Å². The largest absolute Gasteiger partial charge is 0.372 e. The molecule has 1 aromatic rings. The number of rotatable bonds is 6. The molecule has 0 aliphatic heterocycles. The Kier molecular flexibility index (Phi) is 5.26. The maximum absolute atomic E-state index is 11.1. The molecule has 0 amide bonds. The zero-order chi connectivity index (χ0) is 14.6. The van der Waals surface area contributed by atoms with E-state index in [-0.39, 0.29) is 11.7 Å². The van der Waals surface area contributed by atoms with Crippen molar-refractivity contribution in [3.05, 3.63) is 33.4 Å². The van der Waals surface area contributed by atoms with Gasteiger partial charge in [0.2, 0.25) is 0 Å². The van der Waals surface area contributed by atoms with E-state index in [0.29, 0.717) is 5.69 Å². The number of nitrogens with zero attached hydrogens (tertiary/aromatic N) is 1. The van der Waals surface area contributed by atoms with Crippen LogP contribution >= 0.6 is 0 Å². The molecule has 19 heavy (non-hydrogen) atoms. The fourth-order valence-electron chi connectivity index (χ4n) is 1.89. The van der Waals surface area contributed by atoms with Gasteiger partial charge in [0.25, 0.3) is 5.69 Å². The Bertz CT molecular complexity index is 458. The number of hydrogen-bond acceptors (Lipinski definition) is 5. The van der Waals surface area contributed by atoms with E-state index >= 15 is 0 Å². The van der Waals surface area contributed by atoms with Crippen molar-refractivity contribution in [2.24, 2.45) is 0 Å². The smallest absolute Gasteiger partial charge is 0.292 e. The number of methoxy groups -OCH3 is 2. The van der Waals surface area contributed by atoms with Gasteiger partial charge in [0.15, 0.2) is 6.29 Å². The average molecular weight is 268 g/mol. The Morgan fingerprint density at radius 1 is 1.21 bits per heavy atom. The summed E-state index contributed by atoms with van der Waals surface area (Å²) in [6, 6.07) is 3.13. The molecule has 0 bridgehead atoms. The van der Waals surface area contributed by atoms with Crippen LogP contribution in [0.25, 0.3) is 0 Å². The van der Waals surface area contributed by atoms with Gasteiger partial charge in [-0.15, -0.1) is 0 Å². The molecule has 1 atom stereocenters. The molecule has 1 aromatic carbocycles. The molecule has 6 heteroatoms. The van der Waals surface area contributed by atoms with Crippen LogP contribution in [0.2, 0.25) is 0 Å². The lowest BCUT2D eigenvalue weighted by Crippen LogP contribution is -2.34. The Morgan fingerprint density at radius 2 is 1.74 bits per heavy atom. The van der Waals surface area contributed by atoms with E-state index in [9.17, 15) is 10.1 Å².